The molecule has 6 nitrogen and oxygen atoms in total. The Balaban J connectivity index is 1.38. The number of rotatable bonds is 4. The fraction of sp³-hybridized carbons (Fsp3) is 0.440. The van der Waals surface area contributed by atoms with Crippen molar-refractivity contribution < 1.29 is 22.8 Å². The molecule has 0 radical (unpaired) electrons. The van der Waals surface area contributed by atoms with Gasteiger partial charge in [0.2, 0.25) is 11.8 Å². The molecule has 1 N–H and O–H groups in total. The lowest BCUT2D eigenvalue weighted by Gasteiger charge is -2.42. The molecule has 0 aliphatic carbocycles. The van der Waals surface area contributed by atoms with Crippen molar-refractivity contribution in [2.24, 2.45) is 0 Å². The number of para-hydroxylation sites is 2. The first-order valence-corrected chi connectivity index (χ1v) is 11.4. The molecule has 0 saturated carbocycles. The maximum absolute atomic E-state index is 13.4. The summed E-state index contributed by atoms with van der Waals surface area (Å²) in [6.07, 6.45) is -3.49. The molecule has 2 aromatic carbocycles. The summed E-state index contributed by atoms with van der Waals surface area (Å²) >= 11 is 0. The maximum atomic E-state index is 13.4. The first-order chi connectivity index (χ1) is 16.1. The Morgan fingerprint density at radius 3 is 2.32 bits per heavy atom. The van der Waals surface area contributed by atoms with Crippen molar-refractivity contribution in [3.8, 4) is 0 Å². The average molecular weight is 475 g/mol. The monoisotopic (exact) mass is 474 g/mol. The number of nitrogens with one attached hydrogen (secondary N) is 1. The Bertz CT molecular complexity index is 1050. The summed E-state index contributed by atoms with van der Waals surface area (Å²) in [6, 6.07) is 12.6. The van der Waals surface area contributed by atoms with E-state index in [2.05, 4.69) is 15.1 Å². The topological polar surface area (TPSA) is 55.9 Å². The number of alkyl halides is 3. The third kappa shape index (κ3) is 5.10. The molecule has 2 aromatic rings. The zero-order chi connectivity index (χ0) is 24.5. The van der Waals surface area contributed by atoms with Crippen LogP contribution in [0.3, 0.4) is 0 Å². The lowest BCUT2D eigenvalue weighted by atomic mass is 9.96. The molecule has 0 aromatic heterocycles. The number of carbonyl (C=O) groups excluding carboxylic acids is 2. The largest absolute Gasteiger partial charge is 0.416 e. The number of anilines is 2. The Morgan fingerprint density at radius 2 is 1.62 bits per heavy atom. The molecule has 1 fully saturated rings. The molecule has 2 heterocycles. The number of hydrogen-bond acceptors (Lipinski definition) is 4. The summed E-state index contributed by atoms with van der Waals surface area (Å²) < 4.78 is 38.4. The molecule has 0 atom stereocenters. The highest BCUT2D eigenvalue weighted by Crippen LogP contribution is 2.36. The molecule has 0 unspecified atom stereocenters. The second kappa shape index (κ2) is 9.38. The van der Waals surface area contributed by atoms with Crippen LogP contribution in [0.4, 0.5) is 24.5 Å². The molecular formula is C25H29F3N4O2. The molecule has 4 rings (SSSR count). The van der Waals surface area contributed by atoms with Gasteiger partial charge in [0, 0.05) is 19.6 Å². The average Bonchev–Trinajstić information content (AvgIpc) is 2.99. The molecule has 2 aliphatic heterocycles. The Morgan fingerprint density at radius 1 is 0.971 bits per heavy atom. The quantitative estimate of drug-likeness (QED) is 0.729. The molecule has 9 heteroatoms. The third-order valence-electron chi connectivity index (χ3n) is 6.48. The Hall–Kier alpha value is -2.91. The van der Waals surface area contributed by atoms with Crippen molar-refractivity contribution in [2.75, 3.05) is 42.9 Å². The van der Waals surface area contributed by atoms with E-state index in [9.17, 15) is 22.8 Å². The molecule has 182 valence electrons. The van der Waals surface area contributed by atoms with Crippen LogP contribution < -0.4 is 10.2 Å². The van der Waals surface area contributed by atoms with E-state index in [0.717, 1.165) is 37.2 Å². The van der Waals surface area contributed by atoms with E-state index in [1.165, 1.54) is 12.1 Å². The van der Waals surface area contributed by atoms with Gasteiger partial charge in [-0.3, -0.25) is 24.3 Å². The van der Waals surface area contributed by atoms with Gasteiger partial charge in [0.05, 0.1) is 23.5 Å². The standard InChI is InChI=1S/C25H29F3N4O2/c1-24(2)23(34)29-20-6-3-4-7-21(20)32(24)22(33)17-31-13-5-12-30(14-15-31)16-18-8-10-19(11-9-18)25(26,27)28/h3-4,6-11H,5,12-17H2,1-2H3,(H,29,34). The number of amides is 2. The molecule has 2 aliphatic rings. The van der Waals surface area contributed by atoms with E-state index in [4.69, 9.17) is 0 Å². The van der Waals surface area contributed by atoms with E-state index >= 15 is 0 Å². The number of halogens is 3. The maximum Gasteiger partial charge on any atom is 0.416 e. The molecule has 34 heavy (non-hydrogen) atoms. The van der Waals surface area contributed by atoms with Gasteiger partial charge in [-0.1, -0.05) is 24.3 Å². The third-order valence-corrected chi connectivity index (χ3v) is 6.48. The van der Waals surface area contributed by atoms with Crippen LogP contribution in [0.25, 0.3) is 0 Å². The van der Waals surface area contributed by atoms with Gasteiger partial charge >= 0.3 is 6.18 Å². The highest BCUT2D eigenvalue weighted by atomic mass is 19.4. The molecule has 1 saturated heterocycles. The van der Waals surface area contributed by atoms with Crippen molar-refractivity contribution in [1.29, 1.82) is 0 Å². The number of hydrogen-bond donors (Lipinski definition) is 1. The van der Waals surface area contributed by atoms with Gasteiger partial charge in [-0.2, -0.15) is 13.2 Å². The van der Waals surface area contributed by atoms with Crippen LogP contribution in [0, 0.1) is 0 Å². The van der Waals surface area contributed by atoms with Crippen molar-refractivity contribution in [1.82, 2.24) is 9.80 Å². The van der Waals surface area contributed by atoms with Crippen LogP contribution in [0.2, 0.25) is 0 Å². The number of fused-ring (bicyclic) bond motifs is 1. The van der Waals surface area contributed by atoms with Crippen molar-refractivity contribution in [3.63, 3.8) is 0 Å². The minimum absolute atomic E-state index is 0.136. The summed E-state index contributed by atoms with van der Waals surface area (Å²) in [4.78, 5) is 31.9. The summed E-state index contributed by atoms with van der Waals surface area (Å²) in [5.74, 6) is -0.360. The lowest BCUT2D eigenvalue weighted by molar-refractivity contribution is -0.137. The van der Waals surface area contributed by atoms with Crippen LogP contribution in [0.15, 0.2) is 48.5 Å². The van der Waals surface area contributed by atoms with E-state index < -0.39 is 17.3 Å². The second-order valence-corrected chi connectivity index (χ2v) is 9.36. The molecular weight excluding hydrogens is 445 g/mol. The molecule has 2 amide bonds. The minimum atomic E-state index is -4.34. The molecule has 0 bridgehead atoms. The van der Waals surface area contributed by atoms with E-state index in [0.29, 0.717) is 31.0 Å². The van der Waals surface area contributed by atoms with Crippen molar-refractivity contribution in [2.45, 2.75) is 38.5 Å². The highest BCUT2D eigenvalue weighted by molar-refractivity contribution is 6.14. The summed E-state index contributed by atoms with van der Waals surface area (Å²) in [6.45, 7) is 7.13. The first-order valence-electron chi connectivity index (χ1n) is 11.4. The van der Waals surface area contributed by atoms with Gasteiger partial charge in [0.1, 0.15) is 5.54 Å². The van der Waals surface area contributed by atoms with Crippen LogP contribution in [0.5, 0.6) is 0 Å². The SMILES string of the molecule is CC1(C)C(=O)Nc2ccccc2N1C(=O)CN1CCCN(Cc2ccc(C(F)(F)F)cc2)CC1. The van der Waals surface area contributed by atoms with Gasteiger partial charge in [-0.15, -0.1) is 0 Å². The predicted octanol–water partition coefficient (Wildman–Crippen LogP) is 3.98. The normalized spacial score (nSPS) is 19.3. The summed E-state index contributed by atoms with van der Waals surface area (Å²) in [7, 11) is 0. The summed E-state index contributed by atoms with van der Waals surface area (Å²) in [5.41, 5.74) is 0.490. The van der Waals surface area contributed by atoms with Gasteiger partial charge < -0.3 is 5.32 Å². The van der Waals surface area contributed by atoms with Crippen LogP contribution in [-0.4, -0.2) is 59.9 Å². The van der Waals surface area contributed by atoms with Crippen molar-refractivity contribution >= 4 is 23.2 Å². The minimum Gasteiger partial charge on any atom is -0.322 e. The summed E-state index contributed by atoms with van der Waals surface area (Å²) in [5, 5.41) is 2.87. The zero-order valence-corrected chi connectivity index (χ0v) is 19.4. The van der Waals surface area contributed by atoms with Gasteiger partial charge in [-0.25, -0.2) is 0 Å². The predicted molar refractivity (Wildman–Crippen MR) is 124 cm³/mol. The number of benzene rings is 2. The lowest BCUT2D eigenvalue weighted by Crippen LogP contribution is -2.60. The van der Waals surface area contributed by atoms with Crippen molar-refractivity contribution in [3.05, 3.63) is 59.7 Å². The van der Waals surface area contributed by atoms with Gasteiger partial charge in [-0.05, 0) is 63.2 Å². The first kappa shape index (κ1) is 24.2. The number of carbonyl (C=O) groups is 2. The van der Waals surface area contributed by atoms with E-state index in [-0.39, 0.29) is 18.4 Å². The van der Waals surface area contributed by atoms with Gasteiger partial charge in [0.25, 0.3) is 0 Å². The molecule has 0 spiro atoms. The van der Waals surface area contributed by atoms with Gasteiger partial charge in [0.15, 0.2) is 0 Å². The van der Waals surface area contributed by atoms with E-state index in [1.54, 1.807) is 24.8 Å². The fourth-order valence-corrected chi connectivity index (χ4v) is 4.56. The highest BCUT2D eigenvalue weighted by Gasteiger charge is 2.43. The zero-order valence-electron chi connectivity index (χ0n) is 19.4. The Kier molecular flexibility index (Phi) is 6.69. The van der Waals surface area contributed by atoms with Crippen LogP contribution in [-0.2, 0) is 22.3 Å². The fourth-order valence-electron chi connectivity index (χ4n) is 4.56. The van der Waals surface area contributed by atoms with Crippen LogP contribution in [0.1, 0.15) is 31.4 Å². The Labute approximate surface area is 197 Å². The smallest absolute Gasteiger partial charge is 0.322 e. The van der Waals surface area contributed by atoms with E-state index in [1.807, 2.05) is 18.2 Å². The second-order valence-electron chi connectivity index (χ2n) is 9.36. The van der Waals surface area contributed by atoms with Crippen LogP contribution >= 0.6 is 0 Å². The number of nitrogens with zero attached hydrogens (tertiary/aromatic N) is 3.